The van der Waals surface area contributed by atoms with Crippen molar-refractivity contribution in [3.8, 4) is 0 Å². The van der Waals surface area contributed by atoms with E-state index in [2.05, 4.69) is 34.6 Å². The Morgan fingerprint density at radius 1 is 1.32 bits per heavy atom. The van der Waals surface area contributed by atoms with E-state index in [-0.39, 0.29) is 11.9 Å². The fraction of sp³-hybridized carbons (Fsp3) is 0.611. The lowest BCUT2D eigenvalue weighted by Gasteiger charge is -2.34. The maximum absolute atomic E-state index is 12.4. The van der Waals surface area contributed by atoms with Crippen molar-refractivity contribution >= 4 is 5.91 Å². The number of nitrogens with one attached hydrogen (secondary N) is 2. The van der Waals surface area contributed by atoms with Crippen molar-refractivity contribution < 1.29 is 4.79 Å². The highest BCUT2D eigenvalue weighted by molar-refractivity contribution is 5.78. The molecule has 1 saturated heterocycles. The van der Waals surface area contributed by atoms with E-state index >= 15 is 0 Å². The highest BCUT2D eigenvalue weighted by atomic mass is 16.2. The summed E-state index contributed by atoms with van der Waals surface area (Å²) < 4.78 is 0. The molecule has 0 bridgehead atoms. The van der Waals surface area contributed by atoms with E-state index < -0.39 is 0 Å². The summed E-state index contributed by atoms with van der Waals surface area (Å²) in [7, 11) is 0. The van der Waals surface area contributed by atoms with E-state index in [1.54, 1.807) is 0 Å². The number of hydrogen-bond acceptors (Lipinski definition) is 3. The number of nitrogens with zero attached hydrogens (tertiary/aromatic N) is 1. The summed E-state index contributed by atoms with van der Waals surface area (Å²) in [5.74, 6) is 0.128. The first-order valence-electron chi connectivity index (χ1n) is 8.49. The topological polar surface area (TPSA) is 44.4 Å². The Bertz CT molecular complexity index is 443. The van der Waals surface area contributed by atoms with Crippen LogP contribution in [0.25, 0.3) is 0 Å². The summed E-state index contributed by atoms with van der Waals surface area (Å²) in [6.45, 7) is 7.85. The molecule has 1 amide bonds. The van der Waals surface area contributed by atoms with Gasteiger partial charge < -0.3 is 10.6 Å². The zero-order chi connectivity index (χ0) is 15.8. The molecule has 2 rings (SSSR count). The minimum absolute atomic E-state index is 0.0604. The highest BCUT2D eigenvalue weighted by Crippen LogP contribution is 2.14. The van der Waals surface area contributed by atoms with Crippen LogP contribution in [0.2, 0.25) is 0 Å². The zero-order valence-electron chi connectivity index (χ0n) is 13.8. The van der Waals surface area contributed by atoms with Gasteiger partial charge in [-0.1, -0.05) is 37.3 Å². The fourth-order valence-corrected chi connectivity index (χ4v) is 3.15. The Hall–Kier alpha value is -1.39. The molecule has 1 atom stereocenters. The van der Waals surface area contributed by atoms with Crippen LogP contribution >= 0.6 is 0 Å². The van der Waals surface area contributed by atoms with E-state index in [4.69, 9.17) is 0 Å². The second kappa shape index (κ2) is 8.91. The van der Waals surface area contributed by atoms with E-state index in [1.165, 1.54) is 0 Å². The molecule has 4 nitrogen and oxygen atoms in total. The van der Waals surface area contributed by atoms with Crippen LogP contribution in [0.4, 0.5) is 0 Å². The van der Waals surface area contributed by atoms with Gasteiger partial charge in [-0.25, -0.2) is 0 Å². The minimum atomic E-state index is 0.0604. The van der Waals surface area contributed by atoms with Gasteiger partial charge in [-0.05, 0) is 51.4 Å². The van der Waals surface area contributed by atoms with Crippen molar-refractivity contribution in [2.75, 3.05) is 26.2 Å². The molecule has 0 aliphatic carbocycles. The second-order valence-electron chi connectivity index (χ2n) is 6.15. The third kappa shape index (κ3) is 5.11. The number of carbonyl (C=O) groups excluding carboxylic acids is 1. The predicted molar refractivity (Wildman–Crippen MR) is 90.8 cm³/mol. The lowest BCUT2D eigenvalue weighted by molar-refractivity contribution is -0.123. The minimum Gasteiger partial charge on any atom is -0.348 e. The number of piperidine rings is 1. The maximum atomic E-state index is 12.4. The SMILES string of the molecule is CCCN(CC(=O)NC(C)c1ccccc1)C1CCNCC1. The second-order valence-corrected chi connectivity index (χ2v) is 6.15. The van der Waals surface area contributed by atoms with Gasteiger partial charge in [0, 0.05) is 6.04 Å². The van der Waals surface area contributed by atoms with Gasteiger partial charge in [0.05, 0.1) is 12.6 Å². The molecule has 1 aliphatic heterocycles. The molecular formula is C18H29N3O. The van der Waals surface area contributed by atoms with Crippen LogP contribution in [-0.2, 0) is 4.79 Å². The first-order valence-corrected chi connectivity index (χ1v) is 8.49. The van der Waals surface area contributed by atoms with Crippen molar-refractivity contribution in [2.24, 2.45) is 0 Å². The summed E-state index contributed by atoms with van der Waals surface area (Å²) in [4.78, 5) is 14.7. The molecule has 1 unspecified atom stereocenters. The largest absolute Gasteiger partial charge is 0.348 e. The lowest BCUT2D eigenvalue weighted by Crippen LogP contribution is -2.47. The molecule has 2 N–H and O–H groups in total. The zero-order valence-corrected chi connectivity index (χ0v) is 13.8. The molecule has 22 heavy (non-hydrogen) atoms. The molecule has 0 spiro atoms. The van der Waals surface area contributed by atoms with Crippen molar-refractivity contribution in [1.29, 1.82) is 0 Å². The number of amides is 1. The van der Waals surface area contributed by atoms with Crippen LogP contribution in [0.15, 0.2) is 30.3 Å². The van der Waals surface area contributed by atoms with Gasteiger partial charge in [0.2, 0.25) is 5.91 Å². The van der Waals surface area contributed by atoms with Crippen molar-refractivity contribution in [3.05, 3.63) is 35.9 Å². The number of hydrogen-bond donors (Lipinski definition) is 2. The molecule has 1 aromatic carbocycles. The molecule has 0 saturated carbocycles. The third-order valence-corrected chi connectivity index (χ3v) is 4.36. The van der Waals surface area contributed by atoms with Crippen molar-refractivity contribution in [2.45, 2.75) is 45.2 Å². The monoisotopic (exact) mass is 303 g/mol. The molecule has 1 fully saturated rings. The molecular weight excluding hydrogens is 274 g/mol. The van der Waals surface area contributed by atoms with Crippen LogP contribution in [0.1, 0.15) is 44.7 Å². The first-order chi connectivity index (χ1) is 10.7. The molecule has 0 aromatic heterocycles. The Morgan fingerprint density at radius 2 is 2.00 bits per heavy atom. The Labute approximate surface area is 134 Å². The van der Waals surface area contributed by atoms with Crippen molar-refractivity contribution in [3.63, 3.8) is 0 Å². The Balaban J connectivity index is 1.87. The number of carbonyl (C=O) groups is 1. The van der Waals surface area contributed by atoms with Crippen LogP contribution in [0.3, 0.4) is 0 Å². The van der Waals surface area contributed by atoms with E-state index in [9.17, 15) is 4.79 Å². The Morgan fingerprint density at radius 3 is 2.64 bits per heavy atom. The third-order valence-electron chi connectivity index (χ3n) is 4.36. The summed E-state index contributed by atoms with van der Waals surface area (Å²) >= 11 is 0. The fourth-order valence-electron chi connectivity index (χ4n) is 3.15. The average molecular weight is 303 g/mol. The quantitative estimate of drug-likeness (QED) is 0.812. The van der Waals surface area contributed by atoms with Crippen LogP contribution < -0.4 is 10.6 Å². The van der Waals surface area contributed by atoms with Crippen LogP contribution in [-0.4, -0.2) is 43.0 Å². The van der Waals surface area contributed by atoms with Gasteiger partial charge >= 0.3 is 0 Å². The van der Waals surface area contributed by atoms with Gasteiger partial charge in [-0.3, -0.25) is 9.69 Å². The molecule has 0 radical (unpaired) electrons. The van der Waals surface area contributed by atoms with Gasteiger partial charge in [-0.2, -0.15) is 0 Å². The van der Waals surface area contributed by atoms with Crippen LogP contribution in [0.5, 0.6) is 0 Å². The van der Waals surface area contributed by atoms with Crippen LogP contribution in [0, 0.1) is 0 Å². The summed E-state index contributed by atoms with van der Waals surface area (Å²) in [5, 5.41) is 6.52. The smallest absolute Gasteiger partial charge is 0.234 e. The van der Waals surface area contributed by atoms with Gasteiger partial charge in [0.1, 0.15) is 0 Å². The van der Waals surface area contributed by atoms with Crippen molar-refractivity contribution in [1.82, 2.24) is 15.5 Å². The summed E-state index contributed by atoms with van der Waals surface area (Å²) in [6.07, 6.45) is 3.37. The highest BCUT2D eigenvalue weighted by Gasteiger charge is 2.22. The number of rotatable bonds is 7. The molecule has 1 heterocycles. The lowest BCUT2D eigenvalue weighted by atomic mass is 10.0. The Kier molecular flexibility index (Phi) is 6.87. The van der Waals surface area contributed by atoms with E-state index in [1.807, 2.05) is 25.1 Å². The summed E-state index contributed by atoms with van der Waals surface area (Å²) in [5.41, 5.74) is 1.15. The normalized spacial score (nSPS) is 17.4. The molecule has 122 valence electrons. The van der Waals surface area contributed by atoms with E-state index in [0.717, 1.165) is 44.5 Å². The summed E-state index contributed by atoms with van der Waals surface area (Å²) in [6, 6.07) is 10.7. The number of benzene rings is 1. The molecule has 1 aromatic rings. The standard InChI is InChI=1S/C18H29N3O/c1-3-13-21(17-9-11-19-12-10-17)14-18(22)20-15(2)16-7-5-4-6-8-16/h4-8,15,17,19H,3,9-14H2,1-2H3,(H,20,22). The molecule has 1 aliphatic rings. The van der Waals surface area contributed by atoms with E-state index in [0.29, 0.717) is 12.6 Å². The van der Waals surface area contributed by atoms with Gasteiger partial charge in [0.15, 0.2) is 0 Å². The predicted octanol–water partition coefficient (Wildman–Crippen LogP) is 2.33. The maximum Gasteiger partial charge on any atom is 0.234 e. The first kappa shape index (κ1) is 17.0. The van der Waals surface area contributed by atoms with Gasteiger partial charge in [-0.15, -0.1) is 0 Å². The van der Waals surface area contributed by atoms with Gasteiger partial charge in [0.25, 0.3) is 0 Å². The average Bonchev–Trinajstić information content (AvgIpc) is 2.56. The molecule has 4 heteroatoms.